The standard InChI is InChI=1S/C25H27FN4O/c26-20-7-9-22(10-8-20)29-13-15-30(16-14-29)24-23-17-19(6-5-18(23)11-12-27-24)25(31)28-21-3-1-2-4-21/h5-12,17,21H,1-4,13-16H2,(H,28,31). The first-order chi connectivity index (χ1) is 15.2. The lowest BCUT2D eigenvalue weighted by molar-refractivity contribution is 0.0938. The lowest BCUT2D eigenvalue weighted by atomic mass is 10.1. The van der Waals surface area contributed by atoms with Crippen LogP contribution in [0.2, 0.25) is 0 Å². The minimum atomic E-state index is -0.213. The molecule has 0 bridgehead atoms. The van der Waals surface area contributed by atoms with Crippen molar-refractivity contribution in [3.63, 3.8) is 0 Å². The maximum Gasteiger partial charge on any atom is 0.251 e. The van der Waals surface area contributed by atoms with Crippen molar-refractivity contribution in [2.75, 3.05) is 36.0 Å². The van der Waals surface area contributed by atoms with Crippen LogP contribution in [0.15, 0.2) is 54.7 Å². The van der Waals surface area contributed by atoms with Gasteiger partial charge in [0.1, 0.15) is 11.6 Å². The van der Waals surface area contributed by atoms with Gasteiger partial charge in [-0.05, 0) is 60.7 Å². The van der Waals surface area contributed by atoms with Gasteiger partial charge >= 0.3 is 0 Å². The molecule has 31 heavy (non-hydrogen) atoms. The molecule has 1 aliphatic carbocycles. The van der Waals surface area contributed by atoms with Gasteiger partial charge in [0.2, 0.25) is 0 Å². The van der Waals surface area contributed by atoms with Crippen LogP contribution in [0.3, 0.4) is 0 Å². The maximum atomic E-state index is 13.2. The highest BCUT2D eigenvalue weighted by Crippen LogP contribution is 2.28. The second-order valence-corrected chi connectivity index (χ2v) is 8.48. The van der Waals surface area contributed by atoms with Gasteiger partial charge in [-0.1, -0.05) is 18.9 Å². The molecule has 2 heterocycles. The molecular formula is C25H27FN4O. The summed E-state index contributed by atoms with van der Waals surface area (Å²) in [5.74, 6) is 0.714. The summed E-state index contributed by atoms with van der Waals surface area (Å²) in [6.07, 6.45) is 6.37. The van der Waals surface area contributed by atoms with E-state index in [4.69, 9.17) is 0 Å². The highest BCUT2D eigenvalue weighted by molar-refractivity contribution is 6.01. The summed E-state index contributed by atoms with van der Waals surface area (Å²) >= 11 is 0. The van der Waals surface area contributed by atoms with Gasteiger partial charge in [-0.25, -0.2) is 9.37 Å². The van der Waals surface area contributed by atoms with Crippen LogP contribution in [0.25, 0.3) is 10.8 Å². The average Bonchev–Trinajstić information content (AvgIpc) is 3.32. The lowest BCUT2D eigenvalue weighted by Crippen LogP contribution is -2.46. The Morgan fingerprint density at radius 1 is 0.935 bits per heavy atom. The van der Waals surface area contributed by atoms with Crippen LogP contribution < -0.4 is 15.1 Å². The van der Waals surface area contributed by atoms with E-state index >= 15 is 0 Å². The molecule has 2 fully saturated rings. The van der Waals surface area contributed by atoms with Crippen LogP contribution in [-0.2, 0) is 0 Å². The fraction of sp³-hybridized carbons (Fsp3) is 0.360. The Bertz CT molecular complexity index is 1070. The number of carbonyl (C=O) groups is 1. The fourth-order valence-electron chi connectivity index (χ4n) is 4.71. The largest absolute Gasteiger partial charge is 0.368 e. The molecule has 1 N–H and O–H groups in total. The molecule has 0 radical (unpaired) electrons. The molecule has 0 spiro atoms. The van der Waals surface area contributed by atoms with Crippen LogP contribution in [-0.4, -0.2) is 43.1 Å². The number of nitrogens with zero attached hydrogens (tertiary/aromatic N) is 3. The SMILES string of the molecule is O=C(NC1CCCC1)c1ccc2ccnc(N3CCN(c4ccc(F)cc4)CC3)c2c1. The molecule has 6 heteroatoms. The van der Waals surface area contributed by atoms with Crippen molar-refractivity contribution in [3.05, 3.63) is 66.1 Å². The average molecular weight is 419 g/mol. The molecule has 160 valence electrons. The molecule has 2 aromatic carbocycles. The molecule has 1 aromatic heterocycles. The number of aromatic nitrogens is 1. The third-order valence-electron chi connectivity index (χ3n) is 6.47. The van der Waals surface area contributed by atoms with Crippen molar-refractivity contribution >= 4 is 28.2 Å². The Balaban J connectivity index is 1.34. The van der Waals surface area contributed by atoms with Crippen LogP contribution in [0.5, 0.6) is 0 Å². The summed E-state index contributed by atoms with van der Waals surface area (Å²) in [7, 11) is 0. The first-order valence-electron chi connectivity index (χ1n) is 11.1. The Labute approximate surface area is 181 Å². The number of amides is 1. The van der Waals surface area contributed by atoms with Crippen molar-refractivity contribution in [1.82, 2.24) is 10.3 Å². The Hall–Kier alpha value is -3.15. The van der Waals surface area contributed by atoms with E-state index in [1.807, 2.05) is 42.6 Å². The van der Waals surface area contributed by atoms with E-state index in [9.17, 15) is 9.18 Å². The summed E-state index contributed by atoms with van der Waals surface area (Å²) < 4.78 is 13.2. The minimum absolute atomic E-state index is 0.00438. The van der Waals surface area contributed by atoms with E-state index in [0.29, 0.717) is 11.6 Å². The van der Waals surface area contributed by atoms with Crippen LogP contribution in [0.4, 0.5) is 15.9 Å². The molecule has 0 atom stereocenters. The van der Waals surface area contributed by atoms with Gasteiger partial charge < -0.3 is 15.1 Å². The molecule has 5 rings (SSSR count). The van der Waals surface area contributed by atoms with Gasteiger partial charge in [-0.2, -0.15) is 0 Å². The Morgan fingerprint density at radius 3 is 2.39 bits per heavy atom. The van der Waals surface area contributed by atoms with E-state index < -0.39 is 0 Å². The Morgan fingerprint density at radius 2 is 1.65 bits per heavy atom. The van der Waals surface area contributed by atoms with Crippen LogP contribution in [0, 0.1) is 5.82 Å². The second-order valence-electron chi connectivity index (χ2n) is 8.48. The molecule has 1 saturated carbocycles. The zero-order chi connectivity index (χ0) is 21.2. The number of piperazine rings is 1. The number of halogens is 1. The van der Waals surface area contributed by atoms with E-state index in [2.05, 4.69) is 20.1 Å². The molecule has 3 aromatic rings. The monoisotopic (exact) mass is 418 g/mol. The van der Waals surface area contributed by atoms with Crippen LogP contribution >= 0.6 is 0 Å². The van der Waals surface area contributed by atoms with Gasteiger partial charge in [-0.3, -0.25) is 4.79 Å². The number of anilines is 2. The second kappa shape index (κ2) is 8.53. The fourth-order valence-corrected chi connectivity index (χ4v) is 4.71. The van der Waals surface area contributed by atoms with Gasteiger partial charge in [0.15, 0.2) is 0 Å². The van der Waals surface area contributed by atoms with Crippen molar-refractivity contribution in [2.45, 2.75) is 31.7 Å². The van der Waals surface area contributed by atoms with Crippen molar-refractivity contribution in [1.29, 1.82) is 0 Å². The van der Waals surface area contributed by atoms with Gasteiger partial charge in [0, 0.05) is 55.1 Å². The summed E-state index contributed by atoms with van der Waals surface area (Å²) in [6.45, 7) is 3.32. The van der Waals surface area contributed by atoms with E-state index in [-0.39, 0.29) is 11.7 Å². The highest BCUT2D eigenvalue weighted by atomic mass is 19.1. The number of nitrogens with one attached hydrogen (secondary N) is 1. The molecule has 2 aliphatic rings. The quantitative estimate of drug-likeness (QED) is 0.683. The molecule has 1 aliphatic heterocycles. The van der Waals surface area contributed by atoms with E-state index in [1.54, 1.807) is 0 Å². The minimum Gasteiger partial charge on any atom is -0.368 e. The molecular weight excluding hydrogens is 391 g/mol. The summed E-state index contributed by atoms with van der Waals surface area (Å²) in [5, 5.41) is 5.28. The predicted molar refractivity (Wildman–Crippen MR) is 122 cm³/mol. The number of pyridine rings is 1. The molecule has 1 saturated heterocycles. The normalized spacial score (nSPS) is 17.3. The number of hydrogen-bond acceptors (Lipinski definition) is 4. The zero-order valence-corrected chi connectivity index (χ0v) is 17.6. The number of benzene rings is 2. The smallest absolute Gasteiger partial charge is 0.251 e. The first kappa shape index (κ1) is 19.8. The topological polar surface area (TPSA) is 48.5 Å². The highest BCUT2D eigenvalue weighted by Gasteiger charge is 2.22. The number of carbonyl (C=O) groups excluding carboxylic acids is 1. The Kier molecular flexibility index (Phi) is 5.45. The van der Waals surface area contributed by atoms with Crippen molar-refractivity contribution < 1.29 is 9.18 Å². The van der Waals surface area contributed by atoms with Crippen LogP contribution in [0.1, 0.15) is 36.0 Å². The predicted octanol–water partition coefficient (Wildman–Crippen LogP) is 4.37. The lowest BCUT2D eigenvalue weighted by Gasteiger charge is -2.37. The third-order valence-corrected chi connectivity index (χ3v) is 6.47. The van der Waals surface area contributed by atoms with E-state index in [1.165, 1.54) is 25.0 Å². The summed E-state index contributed by atoms with van der Waals surface area (Å²) in [5.41, 5.74) is 1.73. The summed E-state index contributed by atoms with van der Waals surface area (Å²) in [4.78, 5) is 22.0. The number of fused-ring (bicyclic) bond motifs is 1. The summed E-state index contributed by atoms with van der Waals surface area (Å²) in [6, 6.07) is 14.9. The zero-order valence-electron chi connectivity index (χ0n) is 17.6. The van der Waals surface area contributed by atoms with Crippen molar-refractivity contribution in [3.8, 4) is 0 Å². The third kappa shape index (κ3) is 4.20. The molecule has 1 amide bonds. The van der Waals surface area contributed by atoms with Gasteiger partial charge in [0.05, 0.1) is 0 Å². The molecule has 0 unspecified atom stereocenters. The number of rotatable bonds is 4. The van der Waals surface area contributed by atoms with Gasteiger partial charge in [-0.15, -0.1) is 0 Å². The number of hydrogen-bond donors (Lipinski definition) is 1. The first-order valence-corrected chi connectivity index (χ1v) is 11.1. The van der Waals surface area contributed by atoms with E-state index in [0.717, 1.165) is 61.3 Å². The molecule has 5 nitrogen and oxygen atoms in total. The maximum absolute atomic E-state index is 13.2. The van der Waals surface area contributed by atoms with Crippen molar-refractivity contribution in [2.24, 2.45) is 0 Å². The van der Waals surface area contributed by atoms with Gasteiger partial charge in [0.25, 0.3) is 5.91 Å².